The molecule has 0 aliphatic heterocycles. The van der Waals surface area contributed by atoms with Gasteiger partial charge in [-0.25, -0.2) is 0 Å². The van der Waals surface area contributed by atoms with Gasteiger partial charge in [-0.3, -0.25) is 14.1 Å². The van der Waals surface area contributed by atoms with Crippen molar-refractivity contribution in [3.8, 4) is 0 Å². The minimum Gasteiger partial charge on any atom is -0.550 e. The number of rotatable bonds is 4. The molecule has 0 aromatic heterocycles. The Bertz CT molecular complexity index is 369. The van der Waals surface area contributed by atoms with Gasteiger partial charge in [0, 0.05) is 5.97 Å². The smallest absolute Gasteiger partial charge is 0.550 e. The summed E-state index contributed by atoms with van der Waals surface area (Å²) in [7, 11) is -4.84. The van der Waals surface area contributed by atoms with Gasteiger partial charge in [0.15, 0.2) is 5.25 Å². The van der Waals surface area contributed by atoms with Gasteiger partial charge < -0.3 is 20.1 Å². The van der Waals surface area contributed by atoms with E-state index in [1.807, 2.05) is 0 Å². The van der Waals surface area contributed by atoms with E-state index in [9.17, 15) is 18.0 Å². The molecular formula is C6H9NaO9S. The zero-order valence-electron chi connectivity index (χ0n) is 8.98. The van der Waals surface area contributed by atoms with Crippen LogP contribution < -0.4 is 34.7 Å². The van der Waals surface area contributed by atoms with Crippen molar-refractivity contribution in [2.75, 3.05) is 0 Å². The largest absolute Gasteiger partial charge is 1.00 e. The predicted molar refractivity (Wildman–Crippen MR) is 45.9 cm³/mol. The van der Waals surface area contributed by atoms with Crippen LogP contribution in [0.4, 0.5) is 0 Å². The van der Waals surface area contributed by atoms with Crippen molar-refractivity contribution >= 4 is 28.0 Å². The first-order chi connectivity index (χ1) is 6.98. The van der Waals surface area contributed by atoms with Crippen molar-refractivity contribution < 1.29 is 72.2 Å². The number of carboxylic acid groups (broad SMARTS) is 3. The number of hydrogen-bond donors (Lipinski definition) is 3. The van der Waals surface area contributed by atoms with Crippen LogP contribution in [0.15, 0.2) is 0 Å². The summed E-state index contributed by atoms with van der Waals surface area (Å²) in [6.07, 6.45) is -1.16. The van der Waals surface area contributed by atoms with Crippen molar-refractivity contribution in [1.82, 2.24) is 0 Å². The number of aliphatic carboxylic acids is 3. The monoisotopic (exact) mass is 280 g/mol. The molecule has 11 heteroatoms. The Morgan fingerprint density at radius 1 is 1.24 bits per heavy atom. The molecule has 9 nitrogen and oxygen atoms in total. The molecule has 94 valence electrons. The average molecular weight is 280 g/mol. The maximum Gasteiger partial charge on any atom is 1.00 e. The molecule has 0 aromatic rings. The zero-order chi connectivity index (χ0) is 13.5. The van der Waals surface area contributed by atoms with E-state index in [4.69, 9.17) is 24.7 Å². The van der Waals surface area contributed by atoms with Crippen LogP contribution in [-0.4, -0.2) is 46.3 Å². The first-order valence-corrected chi connectivity index (χ1v) is 5.07. The first-order valence-electron chi connectivity index (χ1n) is 3.57. The topological polar surface area (TPSA) is 169 Å². The first kappa shape index (κ1) is 21.6. The summed E-state index contributed by atoms with van der Waals surface area (Å²) in [5, 5.41) is 22.8. The van der Waals surface area contributed by atoms with E-state index in [2.05, 4.69) is 0 Å². The zero-order valence-corrected chi connectivity index (χ0v) is 11.8. The molecule has 0 aliphatic carbocycles. The number of carbonyl (C=O) groups is 3. The quantitative estimate of drug-likeness (QED) is 0.336. The van der Waals surface area contributed by atoms with Crippen LogP contribution in [0, 0.1) is 0 Å². The predicted octanol–water partition coefficient (Wildman–Crippen LogP) is -5.44. The molecule has 0 saturated carbocycles. The van der Waals surface area contributed by atoms with Gasteiger partial charge >= 0.3 is 41.5 Å². The fourth-order valence-electron chi connectivity index (χ4n) is 0.479. The van der Waals surface area contributed by atoms with Crippen LogP contribution in [0.1, 0.15) is 13.3 Å². The molecule has 0 amide bonds. The van der Waals surface area contributed by atoms with Crippen LogP contribution in [0.5, 0.6) is 0 Å². The average Bonchev–Trinajstić information content (AvgIpc) is 1.95. The second-order valence-corrected chi connectivity index (χ2v) is 4.03. The fraction of sp³-hybridized carbons (Fsp3) is 0.500. The van der Waals surface area contributed by atoms with Gasteiger partial charge in [0.05, 0.1) is 6.42 Å². The van der Waals surface area contributed by atoms with Gasteiger partial charge in [-0.15, -0.1) is 0 Å². The summed E-state index contributed by atoms with van der Waals surface area (Å²) in [6.45, 7) is 0.972. The Labute approximate surface area is 118 Å². The third kappa shape index (κ3) is 15.3. The standard InChI is InChI=1S/C4H6O7S.C2H4O2.Na/c5-3(6)1-2(4(7)8)12(9,10)11;1-2(3)4;/h2H,1H2,(H,5,6)(H,7,8)(H,9,10,11);1H3,(H,3,4);/q;;+1/p-1. The van der Waals surface area contributed by atoms with Crippen LogP contribution >= 0.6 is 0 Å². The molecular weight excluding hydrogens is 271 g/mol. The molecule has 0 rings (SSSR count). The van der Waals surface area contributed by atoms with Crippen molar-refractivity contribution in [3.63, 3.8) is 0 Å². The van der Waals surface area contributed by atoms with Crippen LogP contribution in [0.25, 0.3) is 0 Å². The maximum absolute atomic E-state index is 10.2. The molecule has 0 radical (unpaired) electrons. The van der Waals surface area contributed by atoms with E-state index in [1.54, 1.807) is 0 Å². The van der Waals surface area contributed by atoms with Crippen LogP contribution in [0.2, 0.25) is 0 Å². The summed E-state index contributed by atoms with van der Waals surface area (Å²) < 4.78 is 28.7. The van der Waals surface area contributed by atoms with Gasteiger partial charge in [0.1, 0.15) is 0 Å². The van der Waals surface area contributed by atoms with E-state index < -0.39 is 39.7 Å². The summed E-state index contributed by atoms with van der Waals surface area (Å²) in [5.41, 5.74) is 0. The summed E-state index contributed by atoms with van der Waals surface area (Å²) >= 11 is 0. The number of carbonyl (C=O) groups excluding carboxylic acids is 1. The van der Waals surface area contributed by atoms with E-state index in [-0.39, 0.29) is 29.6 Å². The maximum atomic E-state index is 10.2. The van der Waals surface area contributed by atoms with Crippen molar-refractivity contribution in [1.29, 1.82) is 0 Å². The Morgan fingerprint density at radius 2 is 1.53 bits per heavy atom. The molecule has 17 heavy (non-hydrogen) atoms. The van der Waals surface area contributed by atoms with Crippen LogP contribution in [-0.2, 0) is 24.5 Å². The third-order valence-corrected chi connectivity index (χ3v) is 2.08. The van der Waals surface area contributed by atoms with Crippen molar-refractivity contribution in [2.45, 2.75) is 18.6 Å². The molecule has 0 fully saturated rings. The van der Waals surface area contributed by atoms with Gasteiger partial charge in [-0.05, 0) is 6.92 Å². The molecule has 0 bridgehead atoms. The van der Waals surface area contributed by atoms with Gasteiger partial charge in [0.2, 0.25) is 0 Å². The molecule has 1 atom stereocenters. The molecule has 0 spiro atoms. The summed E-state index contributed by atoms with van der Waals surface area (Å²) in [5.74, 6) is -4.58. The van der Waals surface area contributed by atoms with Gasteiger partial charge in [-0.1, -0.05) is 0 Å². The summed E-state index contributed by atoms with van der Waals surface area (Å²) in [6, 6.07) is 0. The minimum atomic E-state index is -4.84. The summed E-state index contributed by atoms with van der Waals surface area (Å²) in [4.78, 5) is 28.9. The van der Waals surface area contributed by atoms with Gasteiger partial charge in [-0.2, -0.15) is 8.42 Å². The fourth-order valence-corrected chi connectivity index (χ4v) is 1.09. The Hall–Kier alpha value is -0.680. The molecule has 0 aromatic carbocycles. The van der Waals surface area contributed by atoms with E-state index in [0.717, 1.165) is 6.92 Å². The van der Waals surface area contributed by atoms with Crippen molar-refractivity contribution in [2.24, 2.45) is 0 Å². The van der Waals surface area contributed by atoms with E-state index >= 15 is 0 Å². The second-order valence-electron chi connectivity index (χ2n) is 2.43. The Morgan fingerprint density at radius 3 is 1.59 bits per heavy atom. The van der Waals surface area contributed by atoms with E-state index in [0.29, 0.717) is 0 Å². The molecule has 0 aliphatic rings. The van der Waals surface area contributed by atoms with Crippen molar-refractivity contribution in [3.05, 3.63) is 0 Å². The SMILES string of the molecule is CC(=O)[O-].O=C(O)CC(C(=O)O)S(=O)(=O)O.[Na+]. The second kappa shape index (κ2) is 9.36. The van der Waals surface area contributed by atoms with E-state index in [1.165, 1.54) is 0 Å². The number of hydrogen-bond acceptors (Lipinski definition) is 6. The molecule has 1 unspecified atom stereocenters. The minimum absolute atomic E-state index is 0. The Kier molecular flexibility index (Phi) is 11.9. The molecule has 0 saturated heterocycles. The van der Waals surface area contributed by atoms with Crippen LogP contribution in [0.3, 0.4) is 0 Å². The third-order valence-electron chi connectivity index (χ3n) is 0.995. The van der Waals surface area contributed by atoms with Gasteiger partial charge in [0.25, 0.3) is 10.1 Å². The Balaban J connectivity index is -0.000000340. The number of carboxylic acids is 3. The normalized spacial score (nSPS) is 11.2. The molecule has 3 N–H and O–H groups in total. The molecule has 0 heterocycles.